The fourth-order valence-electron chi connectivity index (χ4n) is 1.31. The molecule has 0 aromatic heterocycles. The Morgan fingerprint density at radius 1 is 1.20 bits per heavy atom. The van der Waals surface area contributed by atoms with Crippen molar-refractivity contribution in [1.82, 2.24) is 5.32 Å². The fourth-order valence-corrected chi connectivity index (χ4v) is 1.31. The highest BCUT2D eigenvalue weighted by molar-refractivity contribution is 4.87. The molecule has 0 aliphatic carbocycles. The SMILES string of the molecule is OCC(CO)(CO)NCC1CCOCO1. The van der Waals surface area contributed by atoms with E-state index >= 15 is 0 Å². The monoisotopic (exact) mass is 221 g/mol. The summed E-state index contributed by atoms with van der Waals surface area (Å²) in [5.74, 6) is 0. The van der Waals surface area contributed by atoms with Crippen LogP contribution in [0.25, 0.3) is 0 Å². The normalized spacial score (nSPS) is 23.0. The highest BCUT2D eigenvalue weighted by Gasteiger charge is 2.28. The van der Waals surface area contributed by atoms with Gasteiger partial charge in [0.1, 0.15) is 6.79 Å². The predicted molar refractivity (Wildman–Crippen MR) is 52.3 cm³/mol. The average Bonchev–Trinajstić information content (AvgIpc) is 2.33. The van der Waals surface area contributed by atoms with Gasteiger partial charge in [-0.25, -0.2) is 0 Å². The molecule has 1 unspecified atom stereocenters. The first-order valence-electron chi connectivity index (χ1n) is 5.03. The van der Waals surface area contributed by atoms with Crippen molar-refractivity contribution in [3.8, 4) is 0 Å². The van der Waals surface area contributed by atoms with Gasteiger partial charge in [-0.1, -0.05) is 0 Å². The van der Waals surface area contributed by atoms with Crippen molar-refractivity contribution in [3.05, 3.63) is 0 Å². The van der Waals surface area contributed by atoms with Crippen LogP contribution in [0.3, 0.4) is 0 Å². The summed E-state index contributed by atoms with van der Waals surface area (Å²) in [7, 11) is 0. The van der Waals surface area contributed by atoms with Gasteiger partial charge in [-0.05, 0) is 6.42 Å². The van der Waals surface area contributed by atoms with Crippen LogP contribution in [-0.2, 0) is 9.47 Å². The van der Waals surface area contributed by atoms with Crippen LogP contribution in [0, 0.1) is 0 Å². The largest absolute Gasteiger partial charge is 0.394 e. The van der Waals surface area contributed by atoms with E-state index in [1.165, 1.54) is 0 Å². The summed E-state index contributed by atoms with van der Waals surface area (Å²) >= 11 is 0. The molecule has 15 heavy (non-hydrogen) atoms. The zero-order valence-corrected chi connectivity index (χ0v) is 8.69. The molecule has 1 saturated heterocycles. The maximum absolute atomic E-state index is 9.06. The van der Waals surface area contributed by atoms with Crippen molar-refractivity contribution in [2.75, 3.05) is 39.8 Å². The van der Waals surface area contributed by atoms with Crippen LogP contribution in [-0.4, -0.2) is 66.7 Å². The molecule has 6 nitrogen and oxygen atoms in total. The molecule has 0 spiro atoms. The van der Waals surface area contributed by atoms with E-state index < -0.39 is 5.54 Å². The maximum atomic E-state index is 9.06. The molecule has 0 amide bonds. The molecule has 90 valence electrons. The lowest BCUT2D eigenvalue weighted by atomic mass is 10.0. The maximum Gasteiger partial charge on any atom is 0.147 e. The van der Waals surface area contributed by atoms with Crippen LogP contribution in [0.1, 0.15) is 6.42 Å². The van der Waals surface area contributed by atoms with Crippen molar-refractivity contribution < 1.29 is 24.8 Å². The minimum absolute atomic E-state index is 0.00257. The van der Waals surface area contributed by atoms with Gasteiger partial charge in [0.15, 0.2) is 0 Å². The Balaban J connectivity index is 2.31. The minimum Gasteiger partial charge on any atom is -0.394 e. The standard InChI is InChI=1S/C9H19NO5/c11-4-9(5-12,6-13)10-3-8-1-2-14-7-15-8/h8,10-13H,1-7H2. The molecule has 1 atom stereocenters. The van der Waals surface area contributed by atoms with Crippen molar-refractivity contribution in [1.29, 1.82) is 0 Å². The Labute approximate surface area is 88.8 Å². The number of nitrogens with one attached hydrogen (secondary N) is 1. The molecule has 1 aliphatic rings. The Morgan fingerprint density at radius 3 is 2.33 bits per heavy atom. The number of rotatable bonds is 6. The number of ether oxygens (including phenoxy) is 2. The summed E-state index contributed by atoms with van der Waals surface area (Å²) in [5, 5.41) is 30.1. The molecule has 6 heteroatoms. The molecule has 1 fully saturated rings. The molecule has 0 aromatic rings. The number of aliphatic hydroxyl groups excluding tert-OH is 3. The van der Waals surface area contributed by atoms with Gasteiger partial charge >= 0.3 is 0 Å². The Morgan fingerprint density at radius 2 is 1.87 bits per heavy atom. The van der Waals surface area contributed by atoms with Crippen molar-refractivity contribution >= 4 is 0 Å². The third-order valence-corrected chi connectivity index (χ3v) is 2.58. The predicted octanol–water partition coefficient (Wildman–Crippen LogP) is -1.95. The third kappa shape index (κ3) is 3.67. The smallest absolute Gasteiger partial charge is 0.147 e. The Bertz CT molecular complexity index is 160. The first-order chi connectivity index (χ1) is 7.26. The molecular weight excluding hydrogens is 202 g/mol. The van der Waals surface area contributed by atoms with Crippen molar-refractivity contribution in [3.63, 3.8) is 0 Å². The molecule has 0 aromatic carbocycles. The molecule has 0 saturated carbocycles. The van der Waals surface area contributed by atoms with E-state index in [0.717, 1.165) is 6.42 Å². The third-order valence-electron chi connectivity index (χ3n) is 2.58. The molecule has 0 bridgehead atoms. The van der Waals surface area contributed by atoms with E-state index in [9.17, 15) is 0 Å². The molecule has 0 radical (unpaired) electrons. The lowest BCUT2D eigenvalue weighted by molar-refractivity contribution is -0.139. The zero-order chi connectivity index (χ0) is 11.1. The van der Waals surface area contributed by atoms with Gasteiger partial charge < -0.3 is 30.1 Å². The lowest BCUT2D eigenvalue weighted by Crippen LogP contribution is -2.57. The number of aliphatic hydroxyl groups is 3. The molecular formula is C9H19NO5. The van der Waals surface area contributed by atoms with Gasteiger partial charge in [-0.15, -0.1) is 0 Å². The Hall–Kier alpha value is -0.240. The second-order valence-electron chi connectivity index (χ2n) is 3.74. The van der Waals surface area contributed by atoms with E-state index in [0.29, 0.717) is 13.2 Å². The topological polar surface area (TPSA) is 91.2 Å². The summed E-state index contributed by atoms with van der Waals surface area (Å²) in [5.41, 5.74) is -1.03. The van der Waals surface area contributed by atoms with Crippen LogP contribution >= 0.6 is 0 Å². The van der Waals surface area contributed by atoms with Gasteiger partial charge in [0.05, 0.1) is 38.1 Å². The lowest BCUT2D eigenvalue weighted by Gasteiger charge is -2.32. The van der Waals surface area contributed by atoms with E-state index in [2.05, 4.69) is 5.32 Å². The quantitative estimate of drug-likeness (QED) is 0.417. The van der Waals surface area contributed by atoms with Gasteiger partial charge in [-0.2, -0.15) is 0 Å². The molecule has 1 heterocycles. The van der Waals surface area contributed by atoms with Crippen molar-refractivity contribution in [2.24, 2.45) is 0 Å². The fraction of sp³-hybridized carbons (Fsp3) is 1.00. The van der Waals surface area contributed by atoms with E-state index in [1.807, 2.05) is 0 Å². The van der Waals surface area contributed by atoms with E-state index in [4.69, 9.17) is 24.8 Å². The summed E-state index contributed by atoms with van der Waals surface area (Å²) in [6.45, 7) is 0.453. The molecule has 1 rings (SSSR count). The minimum atomic E-state index is -1.03. The van der Waals surface area contributed by atoms with Gasteiger partial charge in [0.25, 0.3) is 0 Å². The summed E-state index contributed by atoms with van der Waals surface area (Å²) in [6.07, 6.45) is 0.772. The van der Waals surface area contributed by atoms with Crippen LogP contribution in [0.15, 0.2) is 0 Å². The van der Waals surface area contributed by atoms with Gasteiger partial charge in [0.2, 0.25) is 0 Å². The van der Waals surface area contributed by atoms with Gasteiger partial charge in [-0.3, -0.25) is 0 Å². The van der Waals surface area contributed by atoms with Crippen LogP contribution in [0.5, 0.6) is 0 Å². The van der Waals surface area contributed by atoms with Crippen molar-refractivity contribution in [2.45, 2.75) is 18.1 Å². The summed E-state index contributed by atoms with van der Waals surface area (Å²) < 4.78 is 10.3. The molecule has 4 N–H and O–H groups in total. The summed E-state index contributed by atoms with van der Waals surface area (Å²) in [6, 6.07) is 0. The second-order valence-corrected chi connectivity index (χ2v) is 3.74. The molecule has 1 aliphatic heterocycles. The highest BCUT2D eigenvalue weighted by Crippen LogP contribution is 2.07. The Kier molecular flexibility index (Phi) is 5.44. The van der Waals surface area contributed by atoms with Crippen LogP contribution < -0.4 is 5.32 Å². The van der Waals surface area contributed by atoms with Crippen LogP contribution in [0.2, 0.25) is 0 Å². The zero-order valence-electron chi connectivity index (χ0n) is 8.69. The van der Waals surface area contributed by atoms with E-state index in [1.54, 1.807) is 0 Å². The first-order valence-corrected chi connectivity index (χ1v) is 5.03. The first kappa shape index (κ1) is 12.8. The highest BCUT2D eigenvalue weighted by atomic mass is 16.7. The number of hydrogen-bond donors (Lipinski definition) is 4. The number of hydrogen-bond acceptors (Lipinski definition) is 6. The average molecular weight is 221 g/mol. The van der Waals surface area contributed by atoms with Crippen LogP contribution in [0.4, 0.5) is 0 Å². The second kappa shape index (κ2) is 6.37. The van der Waals surface area contributed by atoms with E-state index in [-0.39, 0.29) is 32.7 Å². The van der Waals surface area contributed by atoms with Gasteiger partial charge in [0, 0.05) is 6.54 Å². The summed E-state index contributed by atoms with van der Waals surface area (Å²) in [4.78, 5) is 0.